The number of para-hydroxylation sites is 1. The average Bonchev–Trinajstić information content (AvgIpc) is 3.03. The molecule has 124 valence electrons. The molecule has 0 fully saturated rings. The molecule has 3 aromatic rings. The molecule has 0 saturated heterocycles. The smallest absolute Gasteiger partial charge is 0.253 e. The zero-order valence-electron chi connectivity index (χ0n) is 13.2. The van der Waals surface area contributed by atoms with Crippen molar-refractivity contribution < 1.29 is 14.6 Å². The molecule has 24 heavy (non-hydrogen) atoms. The van der Waals surface area contributed by atoms with Crippen molar-refractivity contribution in [1.29, 1.82) is 0 Å². The van der Waals surface area contributed by atoms with Gasteiger partial charge in [0.1, 0.15) is 5.75 Å². The van der Waals surface area contributed by atoms with E-state index < -0.39 is 12.0 Å². The number of methoxy groups -OCH3 is 1. The summed E-state index contributed by atoms with van der Waals surface area (Å²) in [5.41, 5.74) is 1.48. The molecule has 1 aromatic heterocycles. The van der Waals surface area contributed by atoms with E-state index in [2.05, 4.69) is 10.3 Å². The average molecular weight is 342 g/mol. The van der Waals surface area contributed by atoms with E-state index in [0.717, 1.165) is 15.2 Å². The molecule has 0 aliphatic rings. The lowest BCUT2D eigenvalue weighted by Crippen LogP contribution is -2.30. The summed E-state index contributed by atoms with van der Waals surface area (Å²) in [6.07, 6.45) is -0.578. The molecule has 6 heteroatoms. The quantitative estimate of drug-likeness (QED) is 0.722. The third-order valence-electron chi connectivity index (χ3n) is 3.63. The number of hydrogen-bond donors (Lipinski definition) is 2. The molecule has 0 bridgehead atoms. The maximum Gasteiger partial charge on any atom is 0.253 e. The van der Waals surface area contributed by atoms with E-state index in [9.17, 15) is 9.90 Å². The highest BCUT2D eigenvalue weighted by Crippen LogP contribution is 2.22. The molecule has 0 aliphatic carbocycles. The molecule has 1 unspecified atom stereocenters. The number of nitrogens with zero attached hydrogens (tertiary/aromatic N) is 1. The van der Waals surface area contributed by atoms with Crippen LogP contribution in [0, 0.1) is 0 Å². The van der Waals surface area contributed by atoms with Gasteiger partial charge in [-0.05, 0) is 29.8 Å². The number of carbonyl (C=O) groups is 1. The zero-order valence-corrected chi connectivity index (χ0v) is 14.0. The molecule has 2 N–H and O–H groups in total. The molecule has 1 heterocycles. The van der Waals surface area contributed by atoms with Crippen molar-refractivity contribution in [2.24, 2.45) is 0 Å². The summed E-state index contributed by atoms with van der Waals surface area (Å²) in [5.74, 6) is 0.179. The molecule has 1 amide bonds. The highest BCUT2D eigenvalue weighted by atomic mass is 32.1. The standard InChI is InChI=1S/C18H18N2O3S/c1-23-13-6-4-5-12(11-13)17(21)18(22)19-10-9-16-20-14-7-2-3-8-15(14)24-16/h2-8,11,17,21H,9-10H2,1H3,(H,19,22). The first-order valence-corrected chi connectivity index (χ1v) is 8.43. The van der Waals surface area contributed by atoms with Crippen LogP contribution in [0.4, 0.5) is 0 Å². The van der Waals surface area contributed by atoms with Crippen LogP contribution < -0.4 is 10.1 Å². The molecular formula is C18H18N2O3S. The van der Waals surface area contributed by atoms with Crippen LogP contribution in [0.5, 0.6) is 5.75 Å². The maximum absolute atomic E-state index is 12.1. The summed E-state index contributed by atoms with van der Waals surface area (Å²) in [6, 6.07) is 14.8. The Labute approximate surface area is 143 Å². The maximum atomic E-state index is 12.1. The molecular weight excluding hydrogens is 324 g/mol. The molecule has 0 saturated carbocycles. The Morgan fingerprint density at radius 1 is 1.29 bits per heavy atom. The van der Waals surface area contributed by atoms with Crippen molar-refractivity contribution in [3.05, 3.63) is 59.1 Å². The SMILES string of the molecule is COc1cccc(C(O)C(=O)NCCc2nc3ccccc3s2)c1. The second-order valence-corrected chi connectivity index (χ2v) is 6.41. The number of fused-ring (bicyclic) bond motifs is 1. The van der Waals surface area contributed by atoms with Gasteiger partial charge in [0.05, 0.1) is 22.3 Å². The van der Waals surface area contributed by atoms with Gasteiger partial charge in [-0.3, -0.25) is 4.79 Å². The number of rotatable bonds is 6. The van der Waals surface area contributed by atoms with Crippen molar-refractivity contribution in [3.63, 3.8) is 0 Å². The van der Waals surface area contributed by atoms with E-state index >= 15 is 0 Å². The number of thiazole rings is 1. The van der Waals surface area contributed by atoms with E-state index in [1.54, 1.807) is 42.7 Å². The summed E-state index contributed by atoms with van der Waals surface area (Å²) in [4.78, 5) is 16.6. The van der Waals surface area contributed by atoms with Gasteiger partial charge in [0, 0.05) is 13.0 Å². The fourth-order valence-electron chi connectivity index (χ4n) is 2.38. The molecule has 0 radical (unpaired) electrons. The first-order valence-electron chi connectivity index (χ1n) is 7.61. The fraction of sp³-hybridized carbons (Fsp3) is 0.222. The predicted octanol–water partition coefficient (Wildman–Crippen LogP) is 2.70. The van der Waals surface area contributed by atoms with E-state index in [0.29, 0.717) is 24.3 Å². The lowest BCUT2D eigenvalue weighted by Gasteiger charge is -2.12. The van der Waals surface area contributed by atoms with Crippen molar-refractivity contribution >= 4 is 27.5 Å². The summed E-state index contributed by atoms with van der Waals surface area (Å²) in [7, 11) is 1.55. The molecule has 5 nitrogen and oxygen atoms in total. The van der Waals surface area contributed by atoms with Crippen molar-refractivity contribution in [2.45, 2.75) is 12.5 Å². The topological polar surface area (TPSA) is 71.5 Å². The van der Waals surface area contributed by atoms with Crippen LogP contribution in [-0.4, -0.2) is 29.7 Å². The van der Waals surface area contributed by atoms with Crippen LogP contribution in [0.25, 0.3) is 10.2 Å². The van der Waals surface area contributed by atoms with Crippen LogP contribution in [0.1, 0.15) is 16.7 Å². The third kappa shape index (κ3) is 3.72. The summed E-state index contributed by atoms with van der Waals surface area (Å²) in [6.45, 7) is 0.430. The minimum absolute atomic E-state index is 0.427. The van der Waals surface area contributed by atoms with Crippen molar-refractivity contribution in [3.8, 4) is 5.75 Å². The molecule has 3 rings (SSSR count). The first kappa shape index (κ1) is 16.4. The lowest BCUT2D eigenvalue weighted by molar-refractivity contribution is -0.129. The first-order chi connectivity index (χ1) is 11.7. The van der Waals surface area contributed by atoms with Gasteiger partial charge < -0.3 is 15.2 Å². The summed E-state index contributed by atoms with van der Waals surface area (Å²) >= 11 is 1.62. The van der Waals surface area contributed by atoms with Gasteiger partial charge in [0.2, 0.25) is 0 Å². The Morgan fingerprint density at radius 2 is 2.12 bits per heavy atom. The van der Waals surface area contributed by atoms with E-state index in [1.165, 1.54) is 0 Å². The Morgan fingerprint density at radius 3 is 2.92 bits per heavy atom. The van der Waals surface area contributed by atoms with Crippen LogP contribution in [0.2, 0.25) is 0 Å². The molecule has 0 spiro atoms. The Kier molecular flexibility index (Phi) is 5.08. The molecule has 0 aliphatic heterocycles. The normalized spacial score (nSPS) is 12.1. The number of ether oxygens (including phenoxy) is 1. The number of aliphatic hydroxyl groups excluding tert-OH is 1. The van der Waals surface area contributed by atoms with Gasteiger partial charge >= 0.3 is 0 Å². The number of hydrogen-bond acceptors (Lipinski definition) is 5. The van der Waals surface area contributed by atoms with Crippen LogP contribution >= 0.6 is 11.3 Å². The summed E-state index contributed by atoms with van der Waals surface area (Å²) in [5, 5.41) is 13.9. The number of benzene rings is 2. The van der Waals surface area contributed by atoms with E-state index in [4.69, 9.17) is 4.74 Å². The number of amides is 1. The van der Waals surface area contributed by atoms with Crippen molar-refractivity contribution in [2.75, 3.05) is 13.7 Å². The lowest BCUT2D eigenvalue weighted by atomic mass is 10.1. The van der Waals surface area contributed by atoms with Crippen LogP contribution in [0.15, 0.2) is 48.5 Å². The summed E-state index contributed by atoms with van der Waals surface area (Å²) < 4.78 is 6.24. The highest BCUT2D eigenvalue weighted by molar-refractivity contribution is 7.18. The van der Waals surface area contributed by atoms with Crippen LogP contribution in [0.3, 0.4) is 0 Å². The number of aromatic nitrogens is 1. The second kappa shape index (κ2) is 7.42. The monoisotopic (exact) mass is 342 g/mol. The molecule has 2 aromatic carbocycles. The zero-order chi connectivity index (χ0) is 16.9. The Hall–Kier alpha value is -2.44. The Bertz CT molecular complexity index is 814. The number of nitrogens with one attached hydrogen (secondary N) is 1. The van der Waals surface area contributed by atoms with E-state index in [1.807, 2.05) is 24.3 Å². The van der Waals surface area contributed by atoms with Crippen LogP contribution in [-0.2, 0) is 11.2 Å². The molecule has 1 atom stereocenters. The minimum Gasteiger partial charge on any atom is -0.497 e. The van der Waals surface area contributed by atoms with Gasteiger partial charge in [-0.15, -0.1) is 11.3 Å². The van der Waals surface area contributed by atoms with Crippen molar-refractivity contribution in [1.82, 2.24) is 10.3 Å². The fourth-order valence-corrected chi connectivity index (χ4v) is 3.35. The largest absolute Gasteiger partial charge is 0.497 e. The van der Waals surface area contributed by atoms with Gasteiger partial charge in [-0.25, -0.2) is 4.98 Å². The van der Waals surface area contributed by atoms with Gasteiger partial charge in [0.25, 0.3) is 5.91 Å². The van der Waals surface area contributed by atoms with Gasteiger partial charge in [0.15, 0.2) is 6.10 Å². The highest BCUT2D eigenvalue weighted by Gasteiger charge is 2.17. The Balaban J connectivity index is 1.56. The van der Waals surface area contributed by atoms with Gasteiger partial charge in [-0.2, -0.15) is 0 Å². The predicted molar refractivity (Wildman–Crippen MR) is 94.3 cm³/mol. The van der Waals surface area contributed by atoms with E-state index in [-0.39, 0.29) is 0 Å². The third-order valence-corrected chi connectivity index (χ3v) is 4.73. The van der Waals surface area contributed by atoms with Gasteiger partial charge in [-0.1, -0.05) is 24.3 Å². The number of aliphatic hydroxyl groups is 1. The second-order valence-electron chi connectivity index (χ2n) is 5.30. The number of carbonyl (C=O) groups excluding carboxylic acids is 1. The minimum atomic E-state index is -1.21.